The number of nitrogens with zero attached hydrogens (tertiary/aromatic N) is 4. The molecule has 2 N–H and O–H groups in total. The summed E-state index contributed by atoms with van der Waals surface area (Å²) < 4.78 is 1.61. The standard InChI is InChI=1S/C20H17N5O3/c1-13-6-8-14(9-7-13)21-20(16-12-15(25(27)28)10-11-19(16)26)24-18-5-3-2-4-17(18)22-23-24/h2-12,20-21,26H,1H3/t20-/m0/s1. The second kappa shape index (κ2) is 6.99. The maximum atomic E-state index is 11.3. The fraction of sp³-hybridized carbons (Fsp3) is 0.100. The lowest BCUT2D eigenvalue weighted by Gasteiger charge is -2.22. The predicted octanol–water partition coefficient (Wildman–Crippen LogP) is 4.01. The third-order valence-corrected chi connectivity index (χ3v) is 4.49. The van der Waals surface area contributed by atoms with Crippen LogP contribution >= 0.6 is 0 Å². The molecule has 4 rings (SSSR count). The fourth-order valence-electron chi connectivity index (χ4n) is 3.03. The summed E-state index contributed by atoms with van der Waals surface area (Å²) in [5.74, 6) is -0.0743. The Balaban J connectivity index is 1.87. The van der Waals surface area contributed by atoms with E-state index in [-0.39, 0.29) is 11.4 Å². The molecule has 0 aliphatic heterocycles. The van der Waals surface area contributed by atoms with Crippen LogP contribution in [0.1, 0.15) is 17.3 Å². The number of para-hydroxylation sites is 1. The number of hydrogen-bond donors (Lipinski definition) is 2. The largest absolute Gasteiger partial charge is 0.508 e. The Bertz CT molecular complexity index is 1150. The molecule has 8 nitrogen and oxygen atoms in total. The quantitative estimate of drug-likeness (QED) is 0.403. The van der Waals surface area contributed by atoms with Crippen LogP contribution in [0.5, 0.6) is 5.75 Å². The Labute approximate surface area is 160 Å². The molecule has 0 aliphatic carbocycles. The molecule has 0 unspecified atom stereocenters. The Morgan fingerprint density at radius 3 is 2.61 bits per heavy atom. The molecule has 1 heterocycles. The minimum atomic E-state index is -0.699. The van der Waals surface area contributed by atoms with Gasteiger partial charge in [-0.1, -0.05) is 35.0 Å². The van der Waals surface area contributed by atoms with Crippen molar-refractivity contribution in [1.29, 1.82) is 0 Å². The van der Waals surface area contributed by atoms with E-state index in [0.29, 0.717) is 11.1 Å². The first-order valence-corrected chi connectivity index (χ1v) is 8.63. The van der Waals surface area contributed by atoms with Gasteiger partial charge in [-0.3, -0.25) is 10.1 Å². The summed E-state index contributed by atoms with van der Waals surface area (Å²) in [6.45, 7) is 1.98. The zero-order valence-corrected chi connectivity index (χ0v) is 15.0. The summed E-state index contributed by atoms with van der Waals surface area (Å²) >= 11 is 0. The van der Waals surface area contributed by atoms with Gasteiger partial charge in [-0.05, 0) is 37.3 Å². The monoisotopic (exact) mass is 375 g/mol. The number of hydrogen-bond acceptors (Lipinski definition) is 6. The molecule has 28 heavy (non-hydrogen) atoms. The second-order valence-electron chi connectivity index (χ2n) is 6.44. The van der Waals surface area contributed by atoms with Gasteiger partial charge in [-0.2, -0.15) is 0 Å². The lowest BCUT2D eigenvalue weighted by molar-refractivity contribution is -0.385. The molecule has 1 aromatic heterocycles. The van der Waals surface area contributed by atoms with Crippen molar-refractivity contribution in [3.63, 3.8) is 0 Å². The van der Waals surface area contributed by atoms with Crippen LogP contribution in [-0.2, 0) is 0 Å². The second-order valence-corrected chi connectivity index (χ2v) is 6.44. The predicted molar refractivity (Wildman–Crippen MR) is 105 cm³/mol. The van der Waals surface area contributed by atoms with Crippen LogP contribution in [0.15, 0.2) is 66.7 Å². The Morgan fingerprint density at radius 1 is 1.11 bits per heavy atom. The summed E-state index contributed by atoms with van der Waals surface area (Å²) in [6.07, 6.45) is -0.699. The van der Waals surface area contributed by atoms with Gasteiger partial charge in [0.15, 0.2) is 6.17 Å². The van der Waals surface area contributed by atoms with Gasteiger partial charge in [-0.15, -0.1) is 5.10 Å². The molecule has 0 radical (unpaired) electrons. The molecule has 0 aliphatic rings. The van der Waals surface area contributed by atoms with Crippen molar-refractivity contribution >= 4 is 22.4 Å². The zero-order valence-electron chi connectivity index (χ0n) is 15.0. The number of aryl methyl sites for hydroxylation is 1. The van der Waals surface area contributed by atoms with Gasteiger partial charge < -0.3 is 10.4 Å². The zero-order chi connectivity index (χ0) is 19.7. The SMILES string of the molecule is Cc1ccc(N[C@H](c2cc([N+](=O)[O-])ccc2O)n2nnc3ccccc32)cc1. The lowest BCUT2D eigenvalue weighted by Crippen LogP contribution is -2.21. The minimum absolute atomic E-state index is 0.0743. The molecule has 0 fully saturated rings. The minimum Gasteiger partial charge on any atom is -0.508 e. The normalized spacial score (nSPS) is 12.0. The van der Waals surface area contributed by atoms with Crippen LogP contribution in [-0.4, -0.2) is 25.0 Å². The van der Waals surface area contributed by atoms with E-state index < -0.39 is 11.1 Å². The van der Waals surface area contributed by atoms with Crippen LogP contribution < -0.4 is 5.32 Å². The summed E-state index contributed by atoms with van der Waals surface area (Å²) in [7, 11) is 0. The number of benzene rings is 3. The van der Waals surface area contributed by atoms with Gasteiger partial charge in [0.1, 0.15) is 11.3 Å². The van der Waals surface area contributed by atoms with Gasteiger partial charge in [-0.25, -0.2) is 4.68 Å². The van der Waals surface area contributed by atoms with Gasteiger partial charge in [0.05, 0.1) is 10.4 Å². The third kappa shape index (κ3) is 3.23. The highest BCUT2D eigenvalue weighted by atomic mass is 16.6. The number of fused-ring (bicyclic) bond motifs is 1. The maximum Gasteiger partial charge on any atom is 0.270 e. The Kier molecular flexibility index (Phi) is 4.36. The Morgan fingerprint density at radius 2 is 1.86 bits per heavy atom. The van der Waals surface area contributed by atoms with E-state index in [1.54, 1.807) is 4.68 Å². The molecule has 0 spiro atoms. The summed E-state index contributed by atoms with van der Waals surface area (Å²) in [5, 5.41) is 33.4. The molecular formula is C20H17N5O3. The van der Waals surface area contributed by atoms with E-state index >= 15 is 0 Å². The van der Waals surface area contributed by atoms with Crippen molar-refractivity contribution < 1.29 is 10.0 Å². The number of aromatic hydroxyl groups is 1. The summed E-state index contributed by atoms with van der Waals surface area (Å²) in [6, 6.07) is 19.0. The van der Waals surface area contributed by atoms with Crippen molar-refractivity contribution in [1.82, 2.24) is 15.0 Å². The highest BCUT2D eigenvalue weighted by Gasteiger charge is 2.23. The molecular weight excluding hydrogens is 358 g/mol. The van der Waals surface area contributed by atoms with Crippen LogP contribution in [0.4, 0.5) is 11.4 Å². The summed E-state index contributed by atoms with van der Waals surface area (Å²) in [4.78, 5) is 10.8. The van der Waals surface area contributed by atoms with E-state index in [0.717, 1.165) is 16.8 Å². The number of phenolic OH excluding ortho intramolecular Hbond substituents is 1. The first-order valence-electron chi connectivity index (χ1n) is 8.63. The molecule has 1 atom stereocenters. The van der Waals surface area contributed by atoms with Crippen molar-refractivity contribution in [2.24, 2.45) is 0 Å². The van der Waals surface area contributed by atoms with E-state index in [2.05, 4.69) is 15.6 Å². The maximum absolute atomic E-state index is 11.3. The number of aromatic nitrogens is 3. The van der Waals surface area contributed by atoms with Crippen LogP contribution in [0.3, 0.4) is 0 Å². The van der Waals surface area contributed by atoms with Crippen molar-refractivity contribution in [3.05, 3.63) is 88.0 Å². The first kappa shape index (κ1) is 17.5. The molecule has 0 bridgehead atoms. The number of non-ortho nitro benzene ring substituents is 1. The number of nitro groups is 1. The van der Waals surface area contributed by atoms with Crippen LogP contribution in [0.25, 0.3) is 11.0 Å². The topological polar surface area (TPSA) is 106 Å². The smallest absolute Gasteiger partial charge is 0.270 e. The summed E-state index contributed by atoms with van der Waals surface area (Å²) in [5.41, 5.74) is 3.51. The molecule has 140 valence electrons. The molecule has 8 heteroatoms. The van der Waals surface area contributed by atoms with E-state index in [4.69, 9.17) is 0 Å². The average Bonchev–Trinajstić information content (AvgIpc) is 3.12. The first-order chi connectivity index (χ1) is 13.5. The number of anilines is 1. The van der Waals surface area contributed by atoms with E-state index in [1.807, 2.05) is 55.5 Å². The number of rotatable bonds is 5. The lowest BCUT2D eigenvalue weighted by atomic mass is 10.1. The van der Waals surface area contributed by atoms with Gasteiger partial charge >= 0.3 is 0 Å². The van der Waals surface area contributed by atoms with Gasteiger partial charge in [0.25, 0.3) is 5.69 Å². The highest BCUT2D eigenvalue weighted by Crippen LogP contribution is 2.33. The van der Waals surface area contributed by atoms with Crippen molar-refractivity contribution in [2.45, 2.75) is 13.1 Å². The van der Waals surface area contributed by atoms with E-state index in [1.165, 1.54) is 18.2 Å². The molecule has 0 amide bonds. The van der Waals surface area contributed by atoms with Gasteiger partial charge in [0, 0.05) is 23.4 Å². The third-order valence-electron chi connectivity index (χ3n) is 4.49. The van der Waals surface area contributed by atoms with Crippen molar-refractivity contribution in [3.8, 4) is 5.75 Å². The van der Waals surface area contributed by atoms with E-state index in [9.17, 15) is 15.2 Å². The Hall–Kier alpha value is -3.94. The molecule has 4 aromatic rings. The van der Waals surface area contributed by atoms with Crippen LogP contribution in [0, 0.1) is 17.0 Å². The van der Waals surface area contributed by atoms with Crippen LogP contribution in [0.2, 0.25) is 0 Å². The highest BCUT2D eigenvalue weighted by molar-refractivity contribution is 5.74. The molecule has 3 aromatic carbocycles. The van der Waals surface area contributed by atoms with Gasteiger partial charge in [0.2, 0.25) is 0 Å². The fourth-order valence-corrected chi connectivity index (χ4v) is 3.03. The molecule has 0 saturated heterocycles. The molecule has 0 saturated carbocycles. The average molecular weight is 375 g/mol. The van der Waals surface area contributed by atoms with Crippen molar-refractivity contribution in [2.75, 3.05) is 5.32 Å². The number of nitro benzene ring substituents is 1. The number of nitrogens with one attached hydrogen (secondary N) is 1. The number of phenols is 1.